The van der Waals surface area contributed by atoms with Crippen molar-refractivity contribution in [2.45, 2.75) is 84.8 Å². The van der Waals surface area contributed by atoms with E-state index >= 15 is 0 Å². The van der Waals surface area contributed by atoms with Gasteiger partial charge in [0.1, 0.15) is 0 Å². The summed E-state index contributed by atoms with van der Waals surface area (Å²) in [6.07, 6.45) is 11.7. The molecule has 0 aliphatic carbocycles. The molecule has 2 saturated heterocycles. The van der Waals surface area contributed by atoms with E-state index in [0.29, 0.717) is 18.9 Å². The molecule has 2 aliphatic heterocycles. The molecule has 0 radical (unpaired) electrons. The van der Waals surface area contributed by atoms with Gasteiger partial charge in [-0.1, -0.05) is 6.58 Å². The second-order valence-corrected chi connectivity index (χ2v) is 8.62. The van der Waals surface area contributed by atoms with E-state index in [4.69, 9.17) is 18.9 Å². The third-order valence-corrected chi connectivity index (χ3v) is 6.15. The van der Waals surface area contributed by atoms with E-state index in [1.165, 1.54) is 12.0 Å². The minimum Gasteiger partial charge on any atom is -0.390 e. The Morgan fingerprint density at radius 2 is 1.47 bits per heavy atom. The zero-order valence-electron chi connectivity index (χ0n) is 20.5. The number of aromatic nitrogens is 2. The molecule has 2 aromatic heterocycles. The topological polar surface area (TPSA) is 82.9 Å². The fourth-order valence-electron chi connectivity index (χ4n) is 3.99. The van der Waals surface area contributed by atoms with Crippen LogP contribution < -0.4 is 0 Å². The van der Waals surface area contributed by atoms with E-state index < -0.39 is 0 Å². The van der Waals surface area contributed by atoms with E-state index in [0.717, 1.165) is 67.7 Å². The van der Waals surface area contributed by atoms with E-state index in [1.807, 2.05) is 19.1 Å². The molecule has 2 aromatic rings. The molecule has 0 amide bonds. The van der Waals surface area contributed by atoms with Crippen LogP contribution in [0.25, 0.3) is 6.08 Å². The first-order valence-corrected chi connectivity index (χ1v) is 12.2. The number of ether oxygens (including phenoxy) is 4. The van der Waals surface area contributed by atoms with Crippen LogP contribution in [0.1, 0.15) is 72.2 Å². The summed E-state index contributed by atoms with van der Waals surface area (Å²) in [5.74, 6) is 0. The fraction of sp³-hybridized carbons (Fsp3) is 0.556. The zero-order valence-corrected chi connectivity index (χ0v) is 20.5. The van der Waals surface area contributed by atoms with Gasteiger partial charge in [-0.2, -0.15) is 0 Å². The smallest absolute Gasteiger partial charge is 0.158 e. The lowest BCUT2D eigenvalue weighted by molar-refractivity contribution is -0.169. The summed E-state index contributed by atoms with van der Waals surface area (Å²) >= 11 is 0. The van der Waals surface area contributed by atoms with Gasteiger partial charge in [0.05, 0.1) is 31.2 Å². The molecular formula is C27H38N2O5. The van der Waals surface area contributed by atoms with Crippen molar-refractivity contribution in [2.75, 3.05) is 13.2 Å². The Morgan fingerprint density at radius 3 is 2.00 bits per heavy atom. The van der Waals surface area contributed by atoms with E-state index in [-0.39, 0.29) is 19.2 Å². The quantitative estimate of drug-likeness (QED) is 0.581. The average molecular weight is 471 g/mol. The van der Waals surface area contributed by atoms with Crippen molar-refractivity contribution < 1.29 is 24.1 Å². The molecule has 7 nitrogen and oxygen atoms in total. The minimum atomic E-state index is -0.102. The predicted octanol–water partition coefficient (Wildman–Crippen LogP) is 5.00. The van der Waals surface area contributed by atoms with Crippen LogP contribution >= 0.6 is 0 Å². The third-order valence-electron chi connectivity index (χ3n) is 6.15. The average Bonchev–Trinajstić information content (AvgIpc) is 2.88. The molecule has 1 N–H and O–H groups in total. The van der Waals surface area contributed by atoms with Crippen LogP contribution in [0.5, 0.6) is 0 Å². The molecule has 2 atom stereocenters. The molecule has 2 unspecified atom stereocenters. The van der Waals surface area contributed by atoms with Gasteiger partial charge in [-0.3, -0.25) is 9.97 Å². The Hall–Kier alpha value is -2.16. The molecule has 0 spiro atoms. The monoisotopic (exact) mass is 470 g/mol. The van der Waals surface area contributed by atoms with Crippen molar-refractivity contribution in [3.63, 3.8) is 0 Å². The van der Waals surface area contributed by atoms with Crippen molar-refractivity contribution in [3.05, 3.63) is 64.7 Å². The molecule has 0 saturated carbocycles. The number of pyridine rings is 2. The highest BCUT2D eigenvalue weighted by molar-refractivity contribution is 5.49. The van der Waals surface area contributed by atoms with Gasteiger partial charge in [0.2, 0.25) is 0 Å². The normalized spacial score (nSPS) is 20.3. The Morgan fingerprint density at radius 1 is 0.912 bits per heavy atom. The highest BCUT2D eigenvalue weighted by Crippen LogP contribution is 2.20. The van der Waals surface area contributed by atoms with Crippen LogP contribution in [-0.2, 0) is 38.8 Å². The number of aliphatic hydroxyl groups excluding tert-OH is 1. The molecule has 2 aliphatic rings. The van der Waals surface area contributed by atoms with E-state index in [2.05, 4.69) is 23.5 Å². The first kappa shape index (κ1) is 26.4. The van der Waals surface area contributed by atoms with Crippen LogP contribution in [0.3, 0.4) is 0 Å². The number of rotatable bonds is 8. The summed E-state index contributed by atoms with van der Waals surface area (Å²) < 4.78 is 22.6. The molecule has 2 fully saturated rings. The lowest BCUT2D eigenvalue weighted by Gasteiger charge is -2.23. The summed E-state index contributed by atoms with van der Waals surface area (Å²) in [6, 6.07) is 3.92. The van der Waals surface area contributed by atoms with Gasteiger partial charge in [0.25, 0.3) is 0 Å². The van der Waals surface area contributed by atoms with Crippen LogP contribution in [0, 0.1) is 13.8 Å². The van der Waals surface area contributed by atoms with Gasteiger partial charge in [0, 0.05) is 36.7 Å². The van der Waals surface area contributed by atoms with Crippen LogP contribution in [-0.4, -0.2) is 40.9 Å². The van der Waals surface area contributed by atoms with Gasteiger partial charge in [-0.15, -0.1) is 0 Å². The third kappa shape index (κ3) is 7.96. The maximum atomic E-state index is 9.23. The fourth-order valence-corrected chi connectivity index (χ4v) is 3.99. The zero-order chi connectivity index (χ0) is 24.2. The molecule has 186 valence electrons. The largest absolute Gasteiger partial charge is 0.390 e. The maximum Gasteiger partial charge on any atom is 0.158 e. The molecule has 0 aromatic carbocycles. The summed E-state index contributed by atoms with van der Waals surface area (Å²) in [7, 11) is 0. The first-order chi connectivity index (χ1) is 16.6. The van der Waals surface area contributed by atoms with Crippen molar-refractivity contribution in [1.29, 1.82) is 0 Å². The number of aryl methyl sites for hydroxylation is 2. The van der Waals surface area contributed by atoms with E-state index in [9.17, 15) is 5.11 Å². The first-order valence-electron chi connectivity index (χ1n) is 12.2. The lowest BCUT2D eigenvalue weighted by Crippen LogP contribution is -2.22. The molecule has 4 rings (SSSR count). The number of nitrogens with zero attached hydrogens (tertiary/aromatic N) is 2. The second kappa shape index (κ2) is 14.3. The predicted molar refractivity (Wildman–Crippen MR) is 131 cm³/mol. The van der Waals surface area contributed by atoms with Crippen molar-refractivity contribution >= 4 is 6.08 Å². The summed E-state index contributed by atoms with van der Waals surface area (Å²) in [5, 5.41) is 9.23. The Bertz CT molecular complexity index is 893. The van der Waals surface area contributed by atoms with Gasteiger partial charge < -0.3 is 24.1 Å². The van der Waals surface area contributed by atoms with Crippen LogP contribution in [0.2, 0.25) is 0 Å². The summed E-state index contributed by atoms with van der Waals surface area (Å²) in [4.78, 5) is 8.43. The number of hydrogen-bond acceptors (Lipinski definition) is 7. The van der Waals surface area contributed by atoms with Gasteiger partial charge in [-0.25, -0.2) is 0 Å². The molecule has 34 heavy (non-hydrogen) atoms. The SMILES string of the molecule is C=Cc1nccc(C)c1COC1CCCCO1.Cc1ccnc(CO)c1COC1CCCCO1. The maximum absolute atomic E-state index is 9.23. The summed E-state index contributed by atoms with van der Waals surface area (Å²) in [5.41, 5.74) is 5.97. The second-order valence-electron chi connectivity index (χ2n) is 8.62. The van der Waals surface area contributed by atoms with Crippen LogP contribution in [0.4, 0.5) is 0 Å². The highest BCUT2D eigenvalue weighted by Gasteiger charge is 2.16. The standard InChI is InChI=1S/C14H19NO2.C13H19NO3/c1-3-13-12(11(2)7-8-15-13)10-17-14-6-4-5-9-16-14;1-10-5-6-14-12(8-15)11(10)9-17-13-4-2-3-7-16-13/h3,7-8,14H,1,4-6,9-10H2,2H3;5-6,13,15H,2-4,7-9H2,1H3. The minimum absolute atomic E-state index is 0.0497. The van der Waals surface area contributed by atoms with Crippen LogP contribution in [0.15, 0.2) is 31.1 Å². The Kier molecular flexibility index (Phi) is 11.1. The number of hydrogen-bond donors (Lipinski definition) is 1. The van der Waals surface area contributed by atoms with Crippen molar-refractivity contribution in [3.8, 4) is 0 Å². The molecule has 0 bridgehead atoms. The van der Waals surface area contributed by atoms with Gasteiger partial charge in [0.15, 0.2) is 12.6 Å². The highest BCUT2D eigenvalue weighted by atomic mass is 16.7. The van der Waals surface area contributed by atoms with Gasteiger partial charge >= 0.3 is 0 Å². The lowest BCUT2D eigenvalue weighted by atomic mass is 10.1. The molecular weight excluding hydrogens is 432 g/mol. The van der Waals surface area contributed by atoms with Crippen molar-refractivity contribution in [1.82, 2.24) is 9.97 Å². The van der Waals surface area contributed by atoms with E-state index in [1.54, 1.807) is 18.5 Å². The van der Waals surface area contributed by atoms with Crippen molar-refractivity contribution in [2.24, 2.45) is 0 Å². The number of aliphatic hydroxyl groups is 1. The summed E-state index contributed by atoms with van der Waals surface area (Å²) in [6.45, 7) is 10.4. The molecule has 7 heteroatoms. The van der Waals surface area contributed by atoms with Gasteiger partial charge in [-0.05, 0) is 81.7 Å². The Balaban J connectivity index is 0.000000191. The molecule has 4 heterocycles. The Labute approximate surface area is 203 Å².